The van der Waals surface area contributed by atoms with Crippen molar-refractivity contribution in [3.05, 3.63) is 17.6 Å². The van der Waals surface area contributed by atoms with E-state index in [9.17, 15) is 5.11 Å². The van der Waals surface area contributed by atoms with E-state index >= 15 is 0 Å². The van der Waals surface area contributed by atoms with Gasteiger partial charge in [0, 0.05) is 13.3 Å². The summed E-state index contributed by atoms with van der Waals surface area (Å²) in [6, 6.07) is 0. The first-order valence-electron chi connectivity index (χ1n) is 4.68. The quantitative estimate of drug-likeness (QED) is 0.831. The third kappa shape index (κ3) is 2.63. The molecule has 0 fully saturated rings. The van der Waals surface area contributed by atoms with E-state index < -0.39 is 6.10 Å². The molecule has 0 spiro atoms. The van der Waals surface area contributed by atoms with E-state index in [0.717, 1.165) is 4.88 Å². The summed E-state index contributed by atoms with van der Waals surface area (Å²) < 4.78 is 9.81. The molecular weight excluding hydrogens is 230 g/mol. The number of aliphatic hydroxyl groups excluding tert-OH is 1. The van der Waals surface area contributed by atoms with Gasteiger partial charge in [0.05, 0.1) is 29.5 Å². The molecule has 0 bridgehead atoms. The van der Waals surface area contributed by atoms with Gasteiger partial charge in [-0.3, -0.25) is 4.98 Å². The zero-order chi connectivity index (χ0) is 11.4. The van der Waals surface area contributed by atoms with Gasteiger partial charge in [0.25, 0.3) is 0 Å². The Labute approximate surface area is 95.9 Å². The largest absolute Gasteiger partial charge is 0.390 e. The number of ether oxygens (including phenoxy) is 1. The van der Waals surface area contributed by atoms with Crippen LogP contribution in [-0.4, -0.2) is 40.1 Å². The Bertz CT molecular complexity index is 429. The zero-order valence-corrected chi connectivity index (χ0v) is 9.48. The third-order valence-electron chi connectivity index (χ3n) is 1.89. The van der Waals surface area contributed by atoms with E-state index in [1.165, 1.54) is 18.4 Å². The first-order chi connectivity index (χ1) is 7.79. The highest BCUT2D eigenvalue weighted by molar-refractivity contribution is 7.13. The molecule has 0 saturated heterocycles. The Morgan fingerprint density at radius 3 is 3.19 bits per heavy atom. The zero-order valence-electron chi connectivity index (χ0n) is 8.66. The second-order valence-corrected chi connectivity index (χ2v) is 4.08. The predicted molar refractivity (Wildman–Crippen MR) is 57.0 cm³/mol. The van der Waals surface area contributed by atoms with Crippen molar-refractivity contribution in [2.24, 2.45) is 0 Å². The number of rotatable bonds is 5. The van der Waals surface area contributed by atoms with Crippen molar-refractivity contribution >= 4 is 11.3 Å². The number of hydrogen-bond acceptors (Lipinski definition) is 7. The normalized spacial score (nSPS) is 12.9. The van der Waals surface area contributed by atoms with Gasteiger partial charge in [0.1, 0.15) is 0 Å². The van der Waals surface area contributed by atoms with E-state index in [1.54, 1.807) is 11.7 Å². The minimum absolute atomic E-state index is 0.248. The van der Waals surface area contributed by atoms with Crippen molar-refractivity contribution in [1.29, 1.82) is 0 Å². The summed E-state index contributed by atoms with van der Waals surface area (Å²) in [6.45, 7) is 0.248. The Morgan fingerprint density at radius 2 is 2.50 bits per heavy atom. The Balaban J connectivity index is 2.03. The highest BCUT2D eigenvalue weighted by atomic mass is 32.1. The van der Waals surface area contributed by atoms with Crippen LogP contribution >= 0.6 is 11.3 Å². The Morgan fingerprint density at radius 1 is 1.62 bits per heavy atom. The molecule has 0 aromatic carbocycles. The lowest BCUT2D eigenvalue weighted by atomic mass is 10.3. The molecule has 1 unspecified atom stereocenters. The molecule has 6 nitrogen and oxygen atoms in total. The van der Waals surface area contributed by atoms with Crippen molar-refractivity contribution in [2.75, 3.05) is 13.7 Å². The molecule has 1 N–H and O–H groups in total. The monoisotopic (exact) mass is 241 g/mol. The molecule has 7 heteroatoms. The number of aliphatic hydroxyl groups is 1. The number of aromatic nitrogens is 3. The predicted octanol–water partition coefficient (Wildman–Crippen LogP) is 0.743. The summed E-state index contributed by atoms with van der Waals surface area (Å²) in [5.41, 5.74) is 1.70. The minimum Gasteiger partial charge on any atom is -0.390 e. The smallest absolute Gasteiger partial charge is 0.229 e. The molecule has 0 aliphatic rings. The van der Waals surface area contributed by atoms with Crippen molar-refractivity contribution in [1.82, 2.24) is 15.1 Å². The fourth-order valence-electron chi connectivity index (χ4n) is 1.22. The van der Waals surface area contributed by atoms with Crippen LogP contribution in [0.15, 0.2) is 16.2 Å². The molecule has 16 heavy (non-hydrogen) atoms. The Hall–Kier alpha value is -1.31. The molecule has 0 saturated carbocycles. The first-order valence-corrected chi connectivity index (χ1v) is 5.56. The van der Waals surface area contributed by atoms with Gasteiger partial charge in [-0.1, -0.05) is 5.16 Å². The molecule has 1 atom stereocenters. The van der Waals surface area contributed by atoms with Gasteiger partial charge in [-0.15, -0.1) is 11.3 Å². The summed E-state index contributed by atoms with van der Waals surface area (Å²) in [4.78, 5) is 8.92. The van der Waals surface area contributed by atoms with E-state index in [2.05, 4.69) is 15.1 Å². The fourth-order valence-corrected chi connectivity index (χ4v) is 1.76. The highest BCUT2D eigenvalue weighted by Crippen LogP contribution is 2.19. The lowest BCUT2D eigenvalue weighted by Gasteiger charge is -2.04. The summed E-state index contributed by atoms with van der Waals surface area (Å²) in [5, 5.41) is 13.3. The van der Waals surface area contributed by atoms with Gasteiger partial charge in [0.15, 0.2) is 0 Å². The second kappa shape index (κ2) is 5.15. The Kier molecular flexibility index (Phi) is 3.60. The van der Waals surface area contributed by atoms with Crippen LogP contribution in [0.1, 0.15) is 5.89 Å². The first kappa shape index (κ1) is 11.2. The highest BCUT2D eigenvalue weighted by Gasteiger charge is 2.13. The average molecular weight is 241 g/mol. The van der Waals surface area contributed by atoms with Gasteiger partial charge in [-0.2, -0.15) is 4.98 Å². The third-order valence-corrected chi connectivity index (χ3v) is 2.66. The van der Waals surface area contributed by atoms with Crippen molar-refractivity contribution < 1.29 is 14.4 Å². The SMILES string of the molecule is COCC(O)Cc1nc(-c2cncs2)no1. The minimum atomic E-state index is -0.625. The van der Waals surface area contributed by atoms with Crippen molar-refractivity contribution in [3.8, 4) is 10.7 Å². The lowest BCUT2D eigenvalue weighted by Crippen LogP contribution is -2.17. The van der Waals surface area contributed by atoms with E-state index in [0.29, 0.717) is 18.1 Å². The van der Waals surface area contributed by atoms with Gasteiger partial charge >= 0.3 is 0 Å². The van der Waals surface area contributed by atoms with E-state index in [-0.39, 0.29) is 6.61 Å². The van der Waals surface area contributed by atoms with Gasteiger partial charge in [-0.25, -0.2) is 0 Å². The van der Waals surface area contributed by atoms with E-state index in [1.807, 2.05) is 0 Å². The number of nitrogens with zero attached hydrogens (tertiary/aromatic N) is 3. The van der Waals surface area contributed by atoms with Crippen LogP contribution in [0, 0.1) is 0 Å². The van der Waals surface area contributed by atoms with E-state index in [4.69, 9.17) is 9.26 Å². The number of hydrogen-bond donors (Lipinski definition) is 1. The standard InChI is InChI=1S/C9H11N3O3S/c1-14-4-6(13)2-8-11-9(12-15-8)7-3-10-5-16-7/h3,5-6,13H,2,4H2,1H3. The molecule has 0 amide bonds. The molecule has 2 aromatic heterocycles. The lowest BCUT2D eigenvalue weighted by molar-refractivity contribution is 0.0599. The molecule has 0 aliphatic carbocycles. The van der Waals surface area contributed by atoms with Crippen LogP contribution in [0.3, 0.4) is 0 Å². The maximum Gasteiger partial charge on any atom is 0.229 e. The van der Waals surface area contributed by atoms with Crippen LogP contribution in [0.2, 0.25) is 0 Å². The summed E-state index contributed by atoms with van der Waals surface area (Å²) in [6.07, 6.45) is 1.34. The molecular formula is C9H11N3O3S. The maximum atomic E-state index is 9.48. The van der Waals surface area contributed by atoms with Crippen molar-refractivity contribution in [2.45, 2.75) is 12.5 Å². The molecule has 86 valence electrons. The summed E-state index contributed by atoms with van der Waals surface area (Å²) in [7, 11) is 1.53. The molecule has 0 radical (unpaired) electrons. The molecule has 2 heterocycles. The van der Waals surface area contributed by atoms with Crippen LogP contribution in [0.4, 0.5) is 0 Å². The second-order valence-electron chi connectivity index (χ2n) is 3.19. The fraction of sp³-hybridized carbons (Fsp3) is 0.444. The number of methoxy groups -OCH3 is 1. The summed E-state index contributed by atoms with van der Waals surface area (Å²) >= 11 is 1.44. The number of thiazole rings is 1. The van der Waals surface area contributed by atoms with Crippen molar-refractivity contribution in [3.63, 3.8) is 0 Å². The summed E-state index contributed by atoms with van der Waals surface area (Å²) in [5.74, 6) is 0.898. The van der Waals surface area contributed by atoms with Crippen LogP contribution < -0.4 is 0 Å². The molecule has 0 aliphatic heterocycles. The molecule has 2 aromatic rings. The van der Waals surface area contributed by atoms with Crippen LogP contribution in [0.5, 0.6) is 0 Å². The molecule has 2 rings (SSSR count). The maximum absolute atomic E-state index is 9.48. The van der Waals surface area contributed by atoms with Gasteiger partial charge in [-0.05, 0) is 0 Å². The average Bonchev–Trinajstić information content (AvgIpc) is 2.86. The topological polar surface area (TPSA) is 81.3 Å². The van der Waals surface area contributed by atoms with Gasteiger partial charge < -0.3 is 14.4 Å². The van der Waals surface area contributed by atoms with Gasteiger partial charge in [0.2, 0.25) is 11.7 Å². The van der Waals surface area contributed by atoms with Crippen LogP contribution in [0.25, 0.3) is 10.7 Å². The van der Waals surface area contributed by atoms with Crippen LogP contribution in [-0.2, 0) is 11.2 Å².